The van der Waals surface area contributed by atoms with Crippen LogP contribution in [0.4, 0.5) is 5.69 Å². The summed E-state index contributed by atoms with van der Waals surface area (Å²) in [5.74, 6) is -1.28. The first kappa shape index (κ1) is 14.4. The molecule has 0 bridgehead atoms. The van der Waals surface area contributed by atoms with Gasteiger partial charge in [-0.1, -0.05) is 12.1 Å². The van der Waals surface area contributed by atoms with Gasteiger partial charge in [0.15, 0.2) is 0 Å². The first-order chi connectivity index (χ1) is 9.06. The van der Waals surface area contributed by atoms with Gasteiger partial charge in [-0.3, -0.25) is 14.9 Å². The van der Waals surface area contributed by atoms with Crippen LogP contribution < -0.4 is 5.32 Å². The fraction of sp³-hybridized carbons (Fsp3) is 0.167. The van der Waals surface area contributed by atoms with Crippen LogP contribution in [-0.2, 0) is 9.53 Å². The minimum absolute atomic E-state index is 0.0824. The number of ether oxygens (including phenoxy) is 1. The van der Waals surface area contributed by atoms with Crippen LogP contribution in [0.2, 0.25) is 0 Å². The number of rotatable bonds is 5. The summed E-state index contributed by atoms with van der Waals surface area (Å²) in [4.78, 5) is 32.7. The Morgan fingerprint density at radius 1 is 1.42 bits per heavy atom. The lowest BCUT2D eigenvalue weighted by atomic mass is 10.1. The SMILES string of the molecule is CCOC(=O)/C=C\NC(=O)c1ccccc1[N+](=O)[O-]. The molecule has 7 nitrogen and oxygen atoms in total. The zero-order valence-corrected chi connectivity index (χ0v) is 10.2. The molecular weight excluding hydrogens is 252 g/mol. The van der Waals surface area contributed by atoms with Crippen molar-refractivity contribution in [1.29, 1.82) is 0 Å². The van der Waals surface area contributed by atoms with E-state index in [1.54, 1.807) is 6.92 Å². The van der Waals surface area contributed by atoms with Gasteiger partial charge in [0.1, 0.15) is 5.56 Å². The molecule has 1 aromatic rings. The molecule has 1 rings (SSSR count). The second kappa shape index (κ2) is 6.90. The van der Waals surface area contributed by atoms with Gasteiger partial charge in [0.2, 0.25) is 0 Å². The average molecular weight is 264 g/mol. The van der Waals surface area contributed by atoms with Crippen molar-refractivity contribution in [2.75, 3.05) is 6.61 Å². The average Bonchev–Trinajstić information content (AvgIpc) is 2.38. The van der Waals surface area contributed by atoms with E-state index < -0.39 is 16.8 Å². The molecule has 0 heterocycles. The first-order valence-electron chi connectivity index (χ1n) is 5.43. The van der Waals surface area contributed by atoms with Gasteiger partial charge in [0.25, 0.3) is 11.6 Å². The van der Waals surface area contributed by atoms with Gasteiger partial charge in [0, 0.05) is 18.3 Å². The van der Waals surface area contributed by atoms with Gasteiger partial charge >= 0.3 is 5.97 Å². The molecule has 0 aliphatic carbocycles. The lowest BCUT2D eigenvalue weighted by Crippen LogP contribution is -2.19. The molecule has 0 spiro atoms. The third kappa shape index (κ3) is 4.23. The summed E-state index contributed by atoms with van der Waals surface area (Å²) in [6, 6.07) is 5.52. The van der Waals surface area contributed by atoms with Crippen molar-refractivity contribution in [3.8, 4) is 0 Å². The molecule has 0 atom stereocenters. The first-order valence-corrected chi connectivity index (χ1v) is 5.43. The Morgan fingerprint density at radius 3 is 2.74 bits per heavy atom. The Bertz CT molecular complexity index is 525. The van der Waals surface area contributed by atoms with E-state index in [4.69, 9.17) is 0 Å². The van der Waals surface area contributed by atoms with E-state index >= 15 is 0 Å². The molecule has 19 heavy (non-hydrogen) atoms. The highest BCUT2D eigenvalue weighted by molar-refractivity contribution is 5.99. The number of carbonyl (C=O) groups excluding carboxylic acids is 2. The van der Waals surface area contributed by atoms with E-state index in [0.717, 1.165) is 12.3 Å². The maximum Gasteiger partial charge on any atom is 0.332 e. The molecule has 0 aliphatic rings. The topological polar surface area (TPSA) is 98.5 Å². The Hall–Kier alpha value is -2.70. The number of amides is 1. The number of hydrogen-bond acceptors (Lipinski definition) is 5. The third-order valence-electron chi connectivity index (χ3n) is 2.07. The summed E-state index contributed by atoms with van der Waals surface area (Å²) in [5.41, 5.74) is -0.384. The molecule has 0 unspecified atom stereocenters. The monoisotopic (exact) mass is 264 g/mol. The zero-order valence-electron chi connectivity index (χ0n) is 10.2. The number of nitrogens with one attached hydrogen (secondary N) is 1. The van der Waals surface area contributed by atoms with Crippen LogP contribution in [-0.4, -0.2) is 23.4 Å². The van der Waals surface area contributed by atoms with Crippen LogP contribution >= 0.6 is 0 Å². The van der Waals surface area contributed by atoms with Gasteiger partial charge in [-0.15, -0.1) is 0 Å². The number of nitrogens with zero attached hydrogens (tertiary/aromatic N) is 1. The lowest BCUT2D eigenvalue weighted by Gasteiger charge is -2.01. The quantitative estimate of drug-likeness (QED) is 0.375. The van der Waals surface area contributed by atoms with Crippen molar-refractivity contribution in [2.24, 2.45) is 0 Å². The van der Waals surface area contributed by atoms with E-state index in [-0.39, 0.29) is 17.9 Å². The number of nitro benzene ring substituents is 1. The van der Waals surface area contributed by atoms with E-state index in [1.807, 2.05) is 0 Å². The van der Waals surface area contributed by atoms with Crippen LogP contribution in [0.1, 0.15) is 17.3 Å². The maximum absolute atomic E-state index is 11.7. The van der Waals surface area contributed by atoms with E-state index in [1.165, 1.54) is 24.3 Å². The van der Waals surface area contributed by atoms with E-state index in [2.05, 4.69) is 10.1 Å². The summed E-state index contributed by atoms with van der Waals surface area (Å²) >= 11 is 0. The van der Waals surface area contributed by atoms with Gasteiger partial charge in [-0.25, -0.2) is 4.79 Å². The van der Waals surface area contributed by atoms with Gasteiger partial charge in [0.05, 0.1) is 11.5 Å². The number of para-hydroxylation sites is 1. The number of nitro groups is 1. The maximum atomic E-state index is 11.7. The molecule has 1 N–H and O–H groups in total. The fourth-order valence-electron chi connectivity index (χ4n) is 1.28. The molecule has 0 saturated carbocycles. The van der Waals surface area contributed by atoms with Crippen LogP contribution in [0.5, 0.6) is 0 Å². The minimum atomic E-state index is -0.673. The van der Waals surface area contributed by atoms with Crippen LogP contribution in [0.3, 0.4) is 0 Å². The van der Waals surface area contributed by atoms with Crippen molar-refractivity contribution < 1.29 is 19.2 Å². The number of benzene rings is 1. The van der Waals surface area contributed by atoms with Crippen LogP contribution in [0.15, 0.2) is 36.5 Å². The van der Waals surface area contributed by atoms with Crippen molar-refractivity contribution in [3.05, 3.63) is 52.2 Å². The summed E-state index contributed by atoms with van der Waals surface area (Å²) in [6.07, 6.45) is 2.10. The van der Waals surface area contributed by atoms with Gasteiger partial charge < -0.3 is 10.1 Å². The van der Waals surface area contributed by atoms with Crippen molar-refractivity contribution in [2.45, 2.75) is 6.92 Å². The Balaban J connectivity index is 2.74. The summed E-state index contributed by atoms with van der Waals surface area (Å²) in [6.45, 7) is 1.87. The molecular formula is C12H12N2O5. The smallest absolute Gasteiger partial charge is 0.332 e. The highest BCUT2D eigenvalue weighted by Gasteiger charge is 2.17. The molecule has 1 aromatic carbocycles. The Kier molecular flexibility index (Phi) is 5.21. The third-order valence-corrected chi connectivity index (χ3v) is 2.07. The van der Waals surface area contributed by atoms with Crippen LogP contribution in [0, 0.1) is 10.1 Å². The van der Waals surface area contributed by atoms with Crippen molar-refractivity contribution in [1.82, 2.24) is 5.32 Å². The van der Waals surface area contributed by atoms with Gasteiger partial charge in [-0.2, -0.15) is 0 Å². The standard InChI is InChI=1S/C12H12N2O5/c1-2-19-11(15)7-8-13-12(16)9-5-3-4-6-10(9)14(17)18/h3-8H,2H2,1H3,(H,13,16)/b8-7-. The molecule has 0 aliphatic heterocycles. The van der Waals surface area contributed by atoms with Crippen molar-refractivity contribution >= 4 is 17.6 Å². The predicted octanol–water partition coefficient (Wildman–Crippen LogP) is 1.40. The zero-order chi connectivity index (χ0) is 14.3. The summed E-state index contributed by atoms with van der Waals surface area (Å²) in [7, 11) is 0. The Morgan fingerprint density at radius 2 is 2.11 bits per heavy atom. The number of esters is 1. The molecule has 0 aromatic heterocycles. The predicted molar refractivity (Wildman–Crippen MR) is 66.3 cm³/mol. The fourth-order valence-corrected chi connectivity index (χ4v) is 1.28. The molecule has 100 valence electrons. The summed E-state index contributed by atoms with van der Waals surface area (Å²) in [5, 5.41) is 13.0. The summed E-state index contributed by atoms with van der Waals surface area (Å²) < 4.78 is 4.61. The van der Waals surface area contributed by atoms with E-state index in [0.29, 0.717) is 0 Å². The molecule has 0 fully saturated rings. The lowest BCUT2D eigenvalue weighted by molar-refractivity contribution is -0.385. The molecule has 7 heteroatoms. The second-order valence-corrected chi connectivity index (χ2v) is 3.33. The second-order valence-electron chi connectivity index (χ2n) is 3.33. The van der Waals surface area contributed by atoms with Crippen LogP contribution in [0.25, 0.3) is 0 Å². The Labute approximate surface area is 109 Å². The number of carbonyl (C=O) groups is 2. The largest absolute Gasteiger partial charge is 0.463 e. The highest BCUT2D eigenvalue weighted by atomic mass is 16.6. The van der Waals surface area contributed by atoms with Crippen molar-refractivity contribution in [3.63, 3.8) is 0 Å². The number of hydrogen-bond donors (Lipinski definition) is 1. The van der Waals surface area contributed by atoms with E-state index in [9.17, 15) is 19.7 Å². The highest BCUT2D eigenvalue weighted by Crippen LogP contribution is 2.17. The normalized spacial score (nSPS) is 10.2. The molecule has 1 amide bonds. The molecule has 0 radical (unpaired) electrons. The minimum Gasteiger partial charge on any atom is -0.463 e. The van der Waals surface area contributed by atoms with Gasteiger partial charge in [-0.05, 0) is 13.0 Å². The molecule has 0 saturated heterocycles.